The summed E-state index contributed by atoms with van der Waals surface area (Å²) in [6.45, 7) is 7.11. The molecule has 1 atom stereocenters. The van der Waals surface area contributed by atoms with E-state index in [1.807, 2.05) is 66.7 Å². The molecule has 210 valence electrons. The summed E-state index contributed by atoms with van der Waals surface area (Å²) in [5, 5.41) is 2.63. The van der Waals surface area contributed by atoms with Gasteiger partial charge in [0.15, 0.2) is 0 Å². The number of hydrogen-bond donors (Lipinski definition) is 1. The Kier molecular flexibility index (Phi) is 9.77. The molecule has 0 radical (unpaired) electrons. The first-order valence-electron chi connectivity index (χ1n) is 13.7. The van der Waals surface area contributed by atoms with Gasteiger partial charge in [0.2, 0.25) is 0 Å². The molecule has 1 N–H and O–H groups in total. The molecule has 3 aromatic carbocycles. The van der Waals surface area contributed by atoms with E-state index in [0.717, 1.165) is 33.9 Å². The van der Waals surface area contributed by atoms with E-state index in [-0.39, 0.29) is 38.6 Å². The highest BCUT2D eigenvalue weighted by atomic mass is 28.3. The van der Waals surface area contributed by atoms with Crippen molar-refractivity contribution in [3.63, 3.8) is 0 Å². The molecule has 1 aliphatic carbocycles. The number of nitrogens with one attached hydrogen (secondary N) is 1. The van der Waals surface area contributed by atoms with Gasteiger partial charge in [-0.1, -0.05) is 98.5 Å². The van der Waals surface area contributed by atoms with Crippen molar-refractivity contribution < 1.29 is 28.6 Å². The van der Waals surface area contributed by atoms with E-state index in [1.165, 1.54) is 0 Å². The Labute approximate surface area is 236 Å². The molecule has 0 bridgehead atoms. The molecular weight excluding hydrogens is 522 g/mol. The third-order valence-electron chi connectivity index (χ3n) is 6.90. The van der Waals surface area contributed by atoms with Gasteiger partial charge in [0.25, 0.3) is 0 Å². The van der Waals surface area contributed by atoms with Gasteiger partial charge in [-0.2, -0.15) is 0 Å². The number of fused-ring (bicyclic) bond motifs is 3. The predicted octanol–water partition coefficient (Wildman–Crippen LogP) is 6.30. The number of benzene rings is 3. The minimum atomic E-state index is -1.42. The molecule has 1 aliphatic rings. The summed E-state index contributed by atoms with van der Waals surface area (Å²) in [4.78, 5) is 38.2. The molecule has 1 unspecified atom stereocenters. The molecule has 0 fully saturated rings. The van der Waals surface area contributed by atoms with Crippen LogP contribution < -0.4 is 5.32 Å². The van der Waals surface area contributed by atoms with Gasteiger partial charge in [-0.3, -0.25) is 4.79 Å². The average molecular weight is 560 g/mol. The maximum absolute atomic E-state index is 12.9. The van der Waals surface area contributed by atoms with Crippen molar-refractivity contribution in [2.75, 3.05) is 13.2 Å². The molecule has 40 heavy (non-hydrogen) atoms. The van der Waals surface area contributed by atoms with Gasteiger partial charge in [-0.15, -0.1) is 0 Å². The Balaban J connectivity index is 1.35. The lowest BCUT2D eigenvalue weighted by Crippen LogP contribution is -2.43. The van der Waals surface area contributed by atoms with Crippen LogP contribution in [0.15, 0.2) is 78.9 Å². The summed E-state index contributed by atoms with van der Waals surface area (Å²) >= 11 is 0. The zero-order valence-corrected chi connectivity index (χ0v) is 24.4. The molecule has 7 nitrogen and oxygen atoms in total. The average Bonchev–Trinajstić information content (AvgIpc) is 3.26. The number of alkyl carbamates (subject to hydrolysis) is 1. The first-order chi connectivity index (χ1) is 19.2. The summed E-state index contributed by atoms with van der Waals surface area (Å²) in [5.74, 6) is -1.14. The zero-order chi connectivity index (χ0) is 28.5. The molecule has 0 spiro atoms. The van der Waals surface area contributed by atoms with Crippen LogP contribution in [0.4, 0.5) is 4.79 Å². The van der Waals surface area contributed by atoms with E-state index in [0.29, 0.717) is 0 Å². The molecule has 1 amide bonds. The highest BCUT2D eigenvalue weighted by Crippen LogP contribution is 2.44. The first kappa shape index (κ1) is 29.1. The maximum atomic E-state index is 12.9. The Morgan fingerprint density at radius 1 is 0.800 bits per heavy atom. The normalized spacial score (nSPS) is 13.1. The summed E-state index contributed by atoms with van der Waals surface area (Å²) in [5.41, 5.74) is 5.32. The standard InChI is InChI=1S/C32H37NO6Si/c1-40(2,3)20-19-37-31(35)29(17-18-30(34)38-21-23-11-5-4-6-12-23)33-32(36)39-22-28-26-15-9-7-13-24(26)25-14-8-10-16-27(25)28/h4-16,28-29H,17-22H2,1-3H3,(H,33,36). The molecule has 3 aromatic rings. The van der Waals surface area contributed by atoms with Crippen LogP contribution in [0.2, 0.25) is 25.7 Å². The Morgan fingerprint density at radius 3 is 2.02 bits per heavy atom. The Bertz CT molecular complexity index is 1270. The van der Waals surface area contributed by atoms with Crippen molar-refractivity contribution in [2.24, 2.45) is 0 Å². The minimum absolute atomic E-state index is 0.0452. The van der Waals surface area contributed by atoms with E-state index < -0.39 is 32.1 Å². The largest absolute Gasteiger partial charge is 0.464 e. The third kappa shape index (κ3) is 8.05. The van der Waals surface area contributed by atoms with Crippen molar-refractivity contribution in [1.82, 2.24) is 5.32 Å². The van der Waals surface area contributed by atoms with Gasteiger partial charge in [0.05, 0.1) is 6.61 Å². The fraction of sp³-hybridized carbons (Fsp3) is 0.344. The molecule has 0 saturated heterocycles. The number of ether oxygens (including phenoxy) is 3. The molecular formula is C32H37NO6Si. The van der Waals surface area contributed by atoms with Gasteiger partial charge in [0.1, 0.15) is 19.3 Å². The van der Waals surface area contributed by atoms with Crippen molar-refractivity contribution in [3.05, 3.63) is 95.6 Å². The number of carbonyl (C=O) groups is 3. The molecule has 4 rings (SSSR count). The Morgan fingerprint density at radius 2 is 1.40 bits per heavy atom. The molecule has 0 saturated carbocycles. The summed E-state index contributed by atoms with van der Waals surface area (Å²) < 4.78 is 16.5. The number of esters is 2. The fourth-order valence-electron chi connectivity index (χ4n) is 4.66. The third-order valence-corrected chi connectivity index (χ3v) is 8.60. The second-order valence-electron chi connectivity index (χ2n) is 11.2. The quantitative estimate of drug-likeness (QED) is 0.159. The SMILES string of the molecule is C[Si](C)(C)CCOC(=O)C(CCC(=O)OCc1ccccc1)NC(=O)OCC1c2ccccc2-c2ccccc21. The maximum Gasteiger partial charge on any atom is 0.407 e. The topological polar surface area (TPSA) is 90.9 Å². The van der Waals surface area contributed by atoms with Gasteiger partial charge < -0.3 is 19.5 Å². The van der Waals surface area contributed by atoms with Crippen LogP contribution in [0.25, 0.3) is 11.1 Å². The number of hydrogen-bond acceptors (Lipinski definition) is 6. The minimum Gasteiger partial charge on any atom is -0.464 e. The van der Waals surface area contributed by atoms with E-state index >= 15 is 0 Å². The number of amides is 1. The van der Waals surface area contributed by atoms with Crippen molar-refractivity contribution in [1.29, 1.82) is 0 Å². The van der Waals surface area contributed by atoms with E-state index in [1.54, 1.807) is 0 Å². The van der Waals surface area contributed by atoms with Crippen LogP contribution in [0, 0.1) is 0 Å². The second-order valence-corrected chi connectivity index (χ2v) is 16.8. The second kappa shape index (κ2) is 13.4. The van der Waals surface area contributed by atoms with Gasteiger partial charge in [-0.05, 0) is 40.3 Å². The van der Waals surface area contributed by atoms with Gasteiger partial charge >= 0.3 is 18.0 Å². The van der Waals surface area contributed by atoms with Crippen LogP contribution >= 0.6 is 0 Å². The Hall–Kier alpha value is -3.91. The lowest BCUT2D eigenvalue weighted by atomic mass is 9.98. The van der Waals surface area contributed by atoms with E-state index in [4.69, 9.17) is 14.2 Å². The van der Waals surface area contributed by atoms with Gasteiger partial charge in [0, 0.05) is 20.4 Å². The summed E-state index contributed by atoms with van der Waals surface area (Å²) in [6, 6.07) is 25.3. The lowest BCUT2D eigenvalue weighted by Gasteiger charge is -2.20. The van der Waals surface area contributed by atoms with Crippen molar-refractivity contribution in [3.8, 4) is 11.1 Å². The molecule has 0 heterocycles. The number of rotatable bonds is 12. The number of carbonyl (C=O) groups excluding carboxylic acids is 3. The van der Waals surface area contributed by atoms with Crippen molar-refractivity contribution in [2.45, 2.75) is 57.1 Å². The molecule has 0 aromatic heterocycles. The molecule has 0 aliphatic heterocycles. The van der Waals surface area contributed by atoms with Crippen LogP contribution in [-0.4, -0.2) is 45.4 Å². The van der Waals surface area contributed by atoms with Crippen LogP contribution in [0.5, 0.6) is 0 Å². The predicted molar refractivity (Wildman–Crippen MR) is 157 cm³/mol. The van der Waals surface area contributed by atoms with E-state index in [2.05, 4.69) is 37.1 Å². The van der Waals surface area contributed by atoms with Crippen LogP contribution in [-0.2, 0) is 30.4 Å². The summed E-state index contributed by atoms with van der Waals surface area (Å²) in [7, 11) is -1.42. The smallest absolute Gasteiger partial charge is 0.407 e. The molecule has 8 heteroatoms. The van der Waals surface area contributed by atoms with Crippen LogP contribution in [0.3, 0.4) is 0 Å². The summed E-state index contributed by atoms with van der Waals surface area (Å²) in [6.07, 6.45) is -0.736. The van der Waals surface area contributed by atoms with Crippen LogP contribution in [0.1, 0.15) is 35.4 Å². The van der Waals surface area contributed by atoms with E-state index in [9.17, 15) is 14.4 Å². The monoisotopic (exact) mass is 559 g/mol. The highest BCUT2D eigenvalue weighted by molar-refractivity contribution is 6.76. The first-order valence-corrected chi connectivity index (χ1v) is 17.4. The lowest BCUT2D eigenvalue weighted by molar-refractivity contribution is -0.147. The fourth-order valence-corrected chi connectivity index (χ4v) is 5.38. The van der Waals surface area contributed by atoms with Crippen molar-refractivity contribution >= 4 is 26.1 Å². The zero-order valence-electron chi connectivity index (χ0n) is 23.4. The highest BCUT2D eigenvalue weighted by Gasteiger charge is 2.30. The van der Waals surface area contributed by atoms with Gasteiger partial charge in [-0.25, -0.2) is 9.59 Å².